The van der Waals surface area contributed by atoms with Crippen LogP contribution in [0.25, 0.3) is 45.8 Å². The summed E-state index contributed by atoms with van der Waals surface area (Å²) in [5, 5.41) is 18.0. The van der Waals surface area contributed by atoms with E-state index in [4.69, 9.17) is 41.5 Å². The molecule has 2 heterocycles. The first-order valence-corrected chi connectivity index (χ1v) is 16.0. The van der Waals surface area contributed by atoms with Crippen molar-refractivity contribution in [3.05, 3.63) is 107 Å². The van der Waals surface area contributed by atoms with Crippen LogP contribution in [0.5, 0.6) is 11.5 Å². The molecule has 0 saturated carbocycles. The number of nitrogens with zero attached hydrogens (tertiary/aromatic N) is 4. The number of ether oxygens (including phenoxy) is 2. The minimum atomic E-state index is 0.456. The number of hydrogen-bond acceptors (Lipinski definition) is 8. The number of aromatic nitrogens is 4. The molecule has 0 radical (unpaired) electrons. The quantitative estimate of drug-likeness (QED) is 0.101. The Bertz CT molecular complexity index is 1670. The van der Waals surface area contributed by atoms with Crippen LogP contribution in [0, 0.1) is 0 Å². The first kappa shape index (κ1) is 31.3. The van der Waals surface area contributed by atoms with E-state index in [0.29, 0.717) is 46.8 Å². The van der Waals surface area contributed by atoms with E-state index in [1.165, 1.54) is 12.8 Å². The fraction of sp³-hybridized carbons (Fsp3) is 0.222. The fourth-order valence-corrected chi connectivity index (χ4v) is 5.03. The van der Waals surface area contributed by atoms with Crippen LogP contribution in [0.4, 0.5) is 0 Å². The lowest BCUT2D eigenvalue weighted by Gasteiger charge is -2.07. The van der Waals surface area contributed by atoms with Crippen LogP contribution in [-0.4, -0.2) is 33.6 Å². The minimum absolute atomic E-state index is 0.456. The number of rotatable bonds is 15. The zero-order valence-corrected chi connectivity index (χ0v) is 26.6. The number of unbranched alkanes of at least 4 members (excludes halogenated alkanes) is 5. The first-order chi connectivity index (χ1) is 22.6. The zero-order valence-electron chi connectivity index (χ0n) is 25.1. The maximum Gasteiger partial charge on any atom is 0.248 e. The first-order valence-electron chi connectivity index (χ1n) is 15.3. The van der Waals surface area contributed by atoms with Crippen LogP contribution in [0.1, 0.15) is 38.5 Å². The van der Waals surface area contributed by atoms with E-state index in [9.17, 15) is 0 Å². The van der Waals surface area contributed by atoms with E-state index in [1.807, 2.05) is 72.8 Å². The number of benzene rings is 4. The van der Waals surface area contributed by atoms with Gasteiger partial charge in [0.25, 0.3) is 0 Å². The van der Waals surface area contributed by atoms with Gasteiger partial charge in [-0.05, 0) is 110 Å². The van der Waals surface area contributed by atoms with Crippen LogP contribution in [-0.2, 0) is 0 Å². The van der Waals surface area contributed by atoms with Gasteiger partial charge in [-0.15, -0.1) is 20.4 Å². The molecule has 0 aliphatic carbocycles. The predicted octanol–water partition coefficient (Wildman–Crippen LogP) is 10.2. The third-order valence-corrected chi connectivity index (χ3v) is 7.81. The van der Waals surface area contributed by atoms with Gasteiger partial charge in [0.05, 0.1) is 13.2 Å². The van der Waals surface area contributed by atoms with Crippen molar-refractivity contribution in [3.63, 3.8) is 0 Å². The Morgan fingerprint density at radius 3 is 1.00 bits per heavy atom. The largest absolute Gasteiger partial charge is 0.494 e. The van der Waals surface area contributed by atoms with E-state index < -0.39 is 0 Å². The van der Waals surface area contributed by atoms with Crippen molar-refractivity contribution in [2.45, 2.75) is 38.5 Å². The van der Waals surface area contributed by atoms with Gasteiger partial charge in [0, 0.05) is 32.3 Å². The average molecular weight is 656 g/mol. The van der Waals surface area contributed by atoms with Gasteiger partial charge < -0.3 is 18.3 Å². The van der Waals surface area contributed by atoms with Crippen molar-refractivity contribution < 1.29 is 18.3 Å². The summed E-state index contributed by atoms with van der Waals surface area (Å²) < 4.78 is 23.5. The molecule has 2 aromatic heterocycles. The maximum atomic E-state index is 5.96. The monoisotopic (exact) mass is 654 g/mol. The van der Waals surface area contributed by atoms with Gasteiger partial charge in [0.15, 0.2) is 0 Å². The molecule has 6 rings (SSSR count). The highest BCUT2D eigenvalue weighted by molar-refractivity contribution is 6.30. The SMILES string of the molecule is Clc1ccc(-c2nnc(-c3ccc(OCCCCCCCCOc4ccc(-c5nnc(-c6ccc(Cl)cc6)o5)cc4)cc3)o2)cc1. The van der Waals surface area contributed by atoms with Crippen LogP contribution in [0.15, 0.2) is 106 Å². The second-order valence-electron chi connectivity index (χ2n) is 10.7. The zero-order chi connectivity index (χ0) is 31.6. The highest BCUT2D eigenvalue weighted by Gasteiger charge is 2.12. The summed E-state index contributed by atoms with van der Waals surface area (Å²) in [6, 6.07) is 30.0. The summed E-state index contributed by atoms with van der Waals surface area (Å²) in [5.74, 6) is 3.49. The Labute approximate surface area is 277 Å². The molecule has 6 aromatic rings. The topological polar surface area (TPSA) is 96.3 Å². The van der Waals surface area contributed by atoms with Crippen molar-refractivity contribution in [3.8, 4) is 57.3 Å². The molecule has 0 atom stereocenters. The summed E-state index contributed by atoms with van der Waals surface area (Å²) in [5.41, 5.74) is 3.33. The van der Waals surface area contributed by atoms with Gasteiger partial charge in [-0.25, -0.2) is 0 Å². The van der Waals surface area contributed by atoms with E-state index in [1.54, 1.807) is 24.3 Å². The van der Waals surface area contributed by atoms with Gasteiger partial charge in [-0.1, -0.05) is 48.9 Å². The number of halogens is 2. The Balaban J connectivity index is 0.824. The van der Waals surface area contributed by atoms with E-state index in [2.05, 4.69) is 20.4 Å². The van der Waals surface area contributed by atoms with Gasteiger partial charge in [-0.2, -0.15) is 0 Å². The van der Waals surface area contributed by atoms with Crippen molar-refractivity contribution in [2.75, 3.05) is 13.2 Å². The van der Waals surface area contributed by atoms with Crippen molar-refractivity contribution in [2.24, 2.45) is 0 Å². The van der Waals surface area contributed by atoms with Crippen molar-refractivity contribution in [1.82, 2.24) is 20.4 Å². The minimum Gasteiger partial charge on any atom is -0.494 e. The summed E-state index contributed by atoms with van der Waals surface area (Å²) in [4.78, 5) is 0. The second kappa shape index (κ2) is 15.6. The van der Waals surface area contributed by atoms with Crippen LogP contribution >= 0.6 is 23.2 Å². The molecule has 0 amide bonds. The molecule has 0 fully saturated rings. The molecular weight excluding hydrogens is 623 g/mol. The van der Waals surface area contributed by atoms with Gasteiger partial charge >= 0.3 is 0 Å². The highest BCUT2D eigenvalue weighted by atomic mass is 35.5. The Morgan fingerprint density at radius 2 is 0.674 bits per heavy atom. The molecule has 10 heteroatoms. The average Bonchev–Trinajstić information content (AvgIpc) is 3.78. The van der Waals surface area contributed by atoms with Gasteiger partial charge in [-0.3, -0.25) is 0 Å². The molecule has 4 aromatic carbocycles. The molecule has 0 bridgehead atoms. The van der Waals surface area contributed by atoms with Crippen molar-refractivity contribution >= 4 is 23.2 Å². The third-order valence-electron chi connectivity index (χ3n) is 7.31. The van der Waals surface area contributed by atoms with Crippen LogP contribution < -0.4 is 9.47 Å². The summed E-state index contributed by atoms with van der Waals surface area (Å²) in [6.07, 6.45) is 6.63. The molecule has 0 aliphatic rings. The third kappa shape index (κ3) is 8.53. The molecular formula is C36H32Cl2N4O4. The Kier molecular flexibility index (Phi) is 10.6. The van der Waals surface area contributed by atoms with Crippen molar-refractivity contribution in [1.29, 1.82) is 0 Å². The second-order valence-corrected chi connectivity index (χ2v) is 11.6. The van der Waals surface area contributed by atoms with E-state index in [0.717, 1.165) is 59.4 Å². The lowest BCUT2D eigenvalue weighted by Crippen LogP contribution is -1.98. The Hall–Kier alpha value is -4.66. The fourth-order valence-electron chi connectivity index (χ4n) is 4.78. The lowest BCUT2D eigenvalue weighted by molar-refractivity contribution is 0.297. The molecule has 234 valence electrons. The molecule has 0 saturated heterocycles. The molecule has 0 aliphatic heterocycles. The van der Waals surface area contributed by atoms with Gasteiger partial charge in [0.1, 0.15) is 11.5 Å². The standard InChI is InChI=1S/C36H32Cl2N4O4/c37-29-15-7-25(8-16-29)33-39-41-35(45-33)27-11-19-31(20-12-27)43-23-5-3-1-2-4-6-24-44-32-21-13-28(14-22-32)36-42-40-34(46-36)26-9-17-30(38)18-10-26/h7-22H,1-6,23-24H2. The molecule has 0 unspecified atom stereocenters. The molecule has 0 N–H and O–H groups in total. The summed E-state index contributed by atoms with van der Waals surface area (Å²) in [7, 11) is 0. The Morgan fingerprint density at radius 1 is 0.391 bits per heavy atom. The molecule has 46 heavy (non-hydrogen) atoms. The van der Waals surface area contributed by atoms with Crippen LogP contribution in [0.3, 0.4) is 0 Å². The maximum absolute atomic E-state index is 5.96. The summed E-state index contributed by atoms with van der Waals surface area (Å²) in [6.45, 7) is 1.37. The summed E-state index contributed by atoms with van der Waals surface area (Å²) >= 11 is 11.9. The normalized spacial score (nSPS) is 11.1. The molecule has 8 nitrogen and oxygen atoms in total. The lowest BCUT2D eigenvalue weighted by atomic mass is 10.1. The highest BCUT2D eigenvalue weighted by Crippen LogP contribution is 2.28. The van der Waals surface area contributed by atoms with E-state index >= 15 is 0 Å². The van der Waals surface area contributed by atoms with Crippen LogP contribution in [0.2, 0.25) is 10.0 Å². The number of hydrogen-bond donors (Lipinski definition) is 0. The predicted molar refractivity (Wildman–Crippen MR) is 179 cm³/mol. The molecule has 0 spiro atoms. The van der Waals surface area contributed by atoms with Gasteiger partial charge in [0.2, 0.25) is 23.6 Å². The van der Waals surface area contributed by atoms with E-state index in [-0.39, 0.29) is 0 Å². The smallest absolute Gasteiger partial charge is 0.248 e.